The molecular formula is C13H17FO3. The normalized spacial score (nSPS) is 10.2. The van der Waals surface area contributed by atoms with Gasteiger partial charge >= 0.3 is 0 Å². The molecule has 0 aliphatic heterocycles. The molecule has 0 fully saturated rings. The highest BCUT2D eigenvalue weighted by Gasteiger charge is 2.08. The second-order valence-electron chi connectivity index (χ2n) is 3.76. The lowest BCUT2D eigenvalue weighted by atomic mass is 10.2. The topological polar surface area (TPSA) is 46.5 Å². The molecule has 94 valence electrons. The predicted molar refractivity (Wildman–Crippen MR) is 62.8 cm³/mol. The molecule has 0 saturated carbocycles. The second kappa shape index (κ2) is 7.79. The fourth-order valence-corrected chi connectivity index (χ4v) is 1.51. The minimum absolute atomic E-state index is 0.0321. The summed E-state index contributed by atoms with van der Waals surface area (Å²) < 4.78 is 18.6. The van der Waals surface area contributed by atoms with Gasteiger partial charge in [0, 0.05) is 6.61 Å². The monoisotopic (exact) mass is 240 g/mol. The maximum Gasteiger partial charge on any atom is 0.165 e. The summed E-state index contributed by atoms with van der Waals surface area (Å²) in [4.78, 5) is 10.7. The molecule has 0 aliphatic carbocycles. The molecule has 0 aliphatic rings. The van der Waals surface area contributed by atoms with E-state index in [1.54, 1.807) is 0 Å². The van der Waals surface area contributed by atoms with Gasteiger partial charge in [-0.05, 0) is 31.4 Å². The van der Waals surface area contributed by atoms with Gasteiger partial charge in [0.05, 0.1) is 12.2 Å². The van der Waals surface area contributed by atoms with Crippen LogP contribution in [0.3, 0.4) is 0 Å². The van der Waals surface area contributed by atoms with Gasteiger partial charge in [0.2, 0.25) is 0 Å². The van der Waals surface area contributed by atoms with E-state index in [1.807, 2.05) is 0 Å². The van der Waals surface area contributed by atoms with Gasteiger partial charge in [0.25, 0.3) is 0 Å². The lowest BCUT2D eigenvalue weighted by molar-refractivity contribution is 0.111. The van der Waals surface area contributed by atoms with Gasteiger partial charge in [-0.1, -0.05) is 12.5 Å². The average Bonchev–Trinajstić information content (AvgIpc) is 2.35. The first kappa shape index (κ1) is 13.6. The molecular weight excluding hydrogens is 223 g/mol. The zero-order chi connectivity index (χ0) is 12.5. The molecule has 0 radical (unpaired) electrons. The molecule has 1 aromatic rings. The van der Waals surface area contributed by atoms with Crippen LogP contribution in [-0.4, -0.2) is 24.6 Å². The Morgan fingerprint density at radius 3 is 2.71 bits per heavy atom. The maximum absolute atomic E-state index is 13.4. The van der Waals surface area contributed by atoms with Crippen molar-refractivity contribution >= 4 is 6.29 Å². The van der Waals surface area contributed by atoms with Crippen LogP contribution in [-0.2, 0) is 0 Å². The number of carbonyl (C=O) groups is 1. The zero-order valence-corrected chi connectivity index (χ0v) is 9.69. The fourth-order valence-electron chi connectivity index (χ4n) is 1.51. The van der Waals surface area contributed by atoms with Crippen LogP contribution in [0.5, 0.6) is 5.75 Å². The zero-order valence-electron chi connectivity index (χ0n) is 9.69. The second-order valence-corrected chi connectivity index (χ2v) is 3.76. The molecule has 0 spiro atoms. The van der Waals surface area contributed by atoms with E-state index in [0.29, 0.717) is 12.9 Å². The van der Waals surface area contributed by atoms with Crippen molar-refractivity contribution in [3.8, 4) is 5.75 Å². The third-order valence-electron chi connectivity index (χ3n) is 2.42. The van der Waals surface area contributed by atoms with Gasteiger partial charge < -0.3 is 9.84 Å². The summed E-state index contributed by atoms with van der Waals surface area (Å²) in [6.45, 7) is 0.580. The number of hydrogen-bond donors (Lipinski definition) is 1. The van der Waals surface area contributed by atoms with Gasteiger partial charge in [0.15, 0.2) is 17.9 Å². The number of rotatable bonds is 8. The molecule has 1 rings (SSSR count). The number of hydrogen-bond acceptors (Lipinski definition) is 3. The van der Waals surface area contributed by atoms with E-state index in [2.05, 4.69) is 0 Å². The third-order valence-corrected chi connectivity index (χ3v) is 2.42. The van der Waals surface area contributed by atoms with Gasteiger partial charge in [-0.15, -0.1) is 0 Å². The van der Waals surface area contributed by atoms with Gasteiger partial charge in [-0.2, -0.15) is 0 Å². The number of aliphatic hydroxyl groups excluding tert-OH is 1. The molecule has 0 atom stereocenters. The molecule has 0 bridgehead atoms. The Labute approximate surface area is 100 Å². The number of benzene rings is 1. The molecule has 0 saturated heterocycles. The molecule has 3 nitrogen and oxygen atoms in total. The SMILES string of the molecule is O=Cc1cccc(F)c1OCCCCCCO. The first-order valence-corrected chi connectivity index (χ1v) is 5.77. The first-order chi connectivity index (χ1) is 8.29. The van der Waals surface area contributed by atoms with E-state index < -0.39 is 5.82 Å². The number of aliphatic hydroxyl groups is 1. The molecule has 17 heavy (non-hydrogen) atoms. The Kier molecular flexibility index (Phi) is 6.25. The fraction of sp³-hybridized carbons (Fsp3) is 0.462. The van der Waals surface area contributed by atoms with Crippen LogP contribution in [0.4, 0.5) is 4.39 Å². The highest BCUT2D eigenvalue weighted by Crippen LogP contribution is 2.21. The number of unbranched alkanes of at least 4 members (excludes halogenated alkanes) is 3. The Bertz CT molecular complexity index is 353. The van der Waals surface area contributed by atoms with Crippen molar-refractivity contribution in [3.63, 3.8) is 0 Å². The van der Waals surface area contributed by atoms with Crippen LogP contribution in [0.25, 0.3) is 0 Å². The van der Waals surface area contributed by atoms with Crippen molar-refractivity contribution in [3.05, 3.63) is 29.6 Å². The van der Waals surface area contributed by atoms with Crippen molar-refractivity contribution < 1.29 is 19.0 Å². The molecule has 1 aromatic carbocycles. The van der Waals surface area contributed by atoms with E-state index in [0.717, 1.165) is 25.7 Å². The predicted octanol–water partition coefficient (Wildman–Crippen LogP) is 2.57. The number of carbonyl (C=O) groups excluding carboxylic acids is 1. The van der Waals surface area contributed by atoms with Crippen LogP contribution in [0.2, 0.25) is 0 Å². The molecule has 0 unspecified atom stereocenters. The first-order valence-electron chi connectivity index (χ1n) is 5.77. The van der Waals surface area contributed by atoms with Crippen molar-refractivity contribution in [2.75, 3.05) is 13.2 Å². The summed E-state index contributed by atoms with van der Waals surface area (Å²) in [5.74, 6) is -0.477. The Balaban J connectivity index is 2.38. The van der Waals surface area contributed by atoms with Crippen molar-refractivity contribution in [1.82, 2.24) is 0 Å². The van der Waals surface area contributed by atoms with Gasteiger partial charge in [-0.3, -0.25) is 4.79 Å². The summed E-state index contributed by atoms with van der Waals surface area (Å²) in [5, 5.41) is 8.59. The van der Waals surface area contributed by atoms with Gasteiger partial charge in [-0.25, -0.2) is 4.39 Å². The van der Waals surface area contributed by atoms with Crippen LogP contribution in [0.15, 0.2) is 18.2 Å². The minimum Gasteiger partial charge on any atom is -0.490 e. The van der Waals surface area contributed by atoms with E-state index in [9.17, 15) is 9.18 Å². The van der Waals surface area contributed by atoms with Crippen molar-refractivity contribution in [2.24, 2.45) is 0 Å². The largest absolute Gasteiger partial charge is 0.490 e. The van der Waals surface area contributed by atoms with E-state index in [4.69, 9.17) is 9.84 Å². The summed E-state index contributed by atoms with van der Waals surface area (Å²) in [6, 6.07) is 4.28. The highest BCUT2D eigenvalue weighted by molar-refractivity contribution is 5.79. The lowest BCUT2D eigenvalue weighted by Gasteiger charge is -2.08. The molecule has 0 heterocycles. The van der Waals surface area contributed by atoms with Crippen LogP contribution >= 0.6 is 0 Å². The van der Waals surface area contributed by atoms with Gasteiger partial charge in [0.1, 0.15) is 0 Å². The summed E-state index contributed by atoms with van der Waals surface area (Å²) in [6.07, 6.45) is 4.00. The van der Waals surface area contributed by atoms with Crippen LogP contribution < -0.4 is 4.74 Å². The number of halogens is 1. The highest BCUT2D eigenvalue weighted by atomic mass is 19.1. The van der Waals surface area contributed by atoms with E-state index >= 15 is 0 Å². The number of para-hydroxylation sites is 1. The van der Waals surface area contributed by atoms with Crippen LogP contribution in [0, 0.1) is 5.82 Å². The van der Waals surface area contributed by atoms with E-state index in [1.165, 1.54) is 18.2 Å². The molecule has 0 amide bonds. The van der Waals surface area contributed by atoms with Crippen molar-refractivity contribution in [2.45, 2.75) is 25.7 Å². The Hall–Kier alpha value is -1.42. The number of aldehydes is 1. The number of ether oxygens (including phenoxy) is 1. The smallest absolute Gasteiger partial charge is 0.165 e. The van der Waals surface area contributed by atoms with Crippen LogP contribution in [0.1, 0.15) is 36.0 Å². The maximum atomic E-state index is 13.4. The lowest BCUT2D eigenvalue weighted by Crippen LogP contribution is -2.02. The van der Waals surface area contributed by atoms with E-state index in [-0.39, 0.29) is 17.9 Å². The molecule has 4 heteroatoms. The average molecular weight is 240 g/mol. The summed E-state index contributed by atoms with van der Waals surface area (Å²) >= 11 is 0. The quantitative estimate of drug-likeness (QED) is 0.561. The summed E-state index contributed by atoms with van der Waals surface area (Å²) in [7, 11) is 0. The molecule has 1 N–H and O–H groups in total. The summed E-state index contributed by atoms with van der Waals surface area (Å²) in [5.41, 5.74) is 0.236. The Morgan fingerprint density at radius 2 is 2.00 bits per heavy atom. The third kappa shape index (κ3) is 4.53. The Morgan fingerprint density at radius 1 is 1.24 bits per heavy atom. The molecule has 0 aromatic heterocycles. The van der Waals surface area contributed by atoms with Crippen molar-refractivity contribution in [1.29, 1.82) is 0 Å². The standard InChI is InChI=1S/C13H17FO3/c14-12-7-5-6-11(10-16)13(12)17-9-4-2-1-3-8-15/h5-7,10,15H,1-4,8-9H2. The minimum atomic E-state index is -0.509.